The van der Waals surface area contributed by atoms with Crippen LogP contribution in [0.5, 0.6) is 0 Å². The molecule has 2 N–H and O–H groups in total. The van der Waals surface area contributed by atoms with Gasteiger partial charge in [0.05, 0.1) is 27.8 Å². The summed E-state index contributed by atoms with van der Waals surface area (Å²) in [5.41, 5.74) is 6.01. The van der Waals surface area contributed by atoms with Crippen molar-refractivity contribution in [3.05, 3.63) is 28.8 Å². The second-order valence-corrected chi connectivity index (χ2v) is 6.73. The van der Waals surface area contributed by atoms with Gasteiger partial charge < -0.3 is 10.5 Å². The van der Waals surface area contributed by atoms with Gasteiger partial charge in [0.1, 0.15) is 0 Å². The first-order valence-electron chi connectivity index (χ1n) is 6.42. The van der Waals surface area contributed by atoms with Gasteiger partial charge in [0.2, 0.25) is 0 Å². The fourth-order valence-corrected chi connectivity index (χ4v) is 3.03. The third-order valence-electron chi connectivity index (χ3n) is 3.68. The molecule has 1 aliphatic heterocycles. The Bertz CT molecular complexity index is 523. The van der Waals surface area contributed by atoms with Crippen LogP contribution < -0.4 is 5.73 Å². The van der Waals surface area contributed by atoms with Gasteiger partial charge in [-0.05, 0) is 52.3 Å². The van der Waals surface area contributed by atoms with Crippen LogP contribution in [-0.4, -0.2) is 17.0 Å². The highest BCUT2D eigenvalue weighted by molar-refractivity contribution is 6.33. The van der Waals surface area contributed by atoms with Gasteiger partial charge >= 0.3 is 0 Å². The van der Waals surface area contributed by atoms with E-state index >= 15 is 0 Å². The molecule has 3 nitrogen and oxygen atoms in total. The number of ketones is 1. The van der Waals surface area contributed by atoms with Gasteiger partial charge in [-0.15, -0.1) is 0 Å². The fraction of sp³-hybridized carbons (Fsp3) is 0.533. The highest BCUT2D eigenvalue weighted by Gasteiger charge is 2.49. The molecule has 1 unspecified atom stereocenters. The summed E-state index contributed by atoms with van der Waals surface area (Å²) in [6.07, 6.45) is 0.709. The Morgan fingerprint density at radius 2 is 2.00 bits per heavy atom. The van der Waals surface area contributed by atoms with Crippen LogP contribution in [0.25, 0.3) is 0 Å². The second kappa shape index (κ2) is 4.50. The molecule has 0 aromatic heterocycles. The molecule has 0 saturated carbocycles. The van der Waals surface area contributed by atoms with Crippen molar-refractivity contribution in [2.24, 2.45) is 5.92 Å². The van der Waals surface area contributed by atoms with Crippen molar-refractivity contribution in [2.45, 2.75) is 45.3 Å². The average Bonchev–Trinajstić information content (AvgIpc) is 2.49. The van der Waals surface area contributed by atoms with Crippen LogP contribution in [0.2, 0.25) is 5.02 Å². The van der Waals surface area contributed by atoms with Crippen LogP contribution >= 0.6 is 11.6 Å². The molecule has 4 heteroatoms. The van der Waals surface area contributed by atoms with Gasteiger partial charge in [0.15, 0.2) is 5.78 Å². The molecule has 1 atom stereocenters. The van der Waals surface area contributed by atoms with Crippen LogP contribution in [0, 0.1) is 5.92 Å². The summed E-state index contributed by atoms with van der Waals surface area (Å²) in [5, 5.41) is 0.418. The van der Waals surface area contributed by atoms with Crippen molar-refractivity contribution in [3.63, 3.8) is 0 Å². The molecule has 1 heterocycles. The topological polar surface area (TPSA) is 52.3 Å². The summed E-state index contributed by atoms with van der Waals surface area (Å²) < 4.78 is 5.97. The van der Waals surface area contributed by atoms with E-state index in [9.17, 15) is 4.79 Å². The van der Waals surface area contributed by atoms with E-state index in [1.165, 1.54) is 0 Å². The molecule has 0 radical (unpaired) electrons. The van der Waals surface area contributed by atoms with E-state index in [4.69, 9.17) is 22.1 Å². The Balaban J connectivity index is 2.31. The van der Waals surface area contributed by atoms with Gasteiger partial charge in [-0.3, -0.25) is 4.79 Å². The Kier molecular flexibility index (Phi) is 3.40. The number of halogens is 1. The van der Waals surface area contributed by atoms with Crippen molar-refractivity contribution in [1.82, 2.24) is 0 Å². The lowest BCUT2D eigenvalue weighted by molar-refractivity contribution is -0.0712. The normalized spacial score (nSPS) is 24.4. The Hall–Kier alpha value is -1.06. The largest absolute Gasteiger partial charge is 0.398 e. The Labute approximate surface area is 119 Å². The summed E-state index contributed by atoms with van der Waals surface area (Å²) in [6.45, 7) is 7.95. The smallest absolute Gasteiger partial charge is 0.168 e. The number of hydrogen-bond acceptors (Lipinski definition) is 3. The fourth-order valence-electron chi connectivity index (χ4n) is 2.85. The van der Waals surface area contributed by atoms with E-state index in [2.05, 4.69) is 0 Å². The lowest BCUT2D eigenvalue weighted by atomic mass is 9.81. The van der Waals surface area contributed by atoms with Crippen molar-refractivity contribution in [2.75, 3.05) is 5.73 Å². The molecule has 19 heavy (non-hydrogen) atoms. The molecule has 1 saturated heterocycles. The summed E-state index contributed by atoms with van der Waals surface area (Å²) in [4.78, 5) is 12.6. The van der Waals surface area contributed by atoms with E-state index in [-0.39, 0.29) is 17.3 Å². The predicted molar refractivity (Wildman–Crippen MR) is 77.5 cm³/mol. The van der Waals surface area contributed by atoms with E-state index in [1.54, 1.807) is 18.2 Å². The number of hydrogen-bond donors (Lipinski definition) is 1. The minimum absolute atomic E-state index is 0.0671. The van der Waals surface area contributed by atoms with E-state index in [0.717, 1.165) is 0 Å². The number of anilines is 1. The number of nitrogens with two attached hydrogens (primary N) is 1. The molecule has 0 amide bonds. The number of rotatable bonds is 2. The minimum Gasteiger partial charge on any atom is -0.398 e. The predicted octanol–water partition coefficient (Wildman–Crippen LogP) is 3.70. The van der Waals surface area contributed by atoms with Crippen molar-refractivity contribution in [1.29, 1.82) is 0 Å². The van der Waals surface area contributed by atoms with E-state index < -0.39 is 5.60 Å². The van der Waals surface area contributed by atoms with Crippen molar-refractivity contribution < 1.29 is 9.53 Å². The number of nitrogen functional groups attached to an aromatic ring is 1. The molecule has 1 aromatic carbocycles. The summed E-state index contributed by atoms with van der Waals surface area (Å²) >= 11 is 5.98. The van der Waals surface area contributed by atoms with Gasteiger partial charge in [0.25, 0.3) is 0 Å². The summed E-state index contributed by atoms with van der Waals surface area (Å²) in [5.74, 6) is -0.0975. The first kappa shape index (κ1) is 14.4. The molecule has 1 aliphatic rings. The highest BCUT2D eigenvalue weighted by Crippen LogP contribution is 2.43. The van der Waals surface area contributed by atoms with Gasteiger partial charge in [-0.1, -0.05) is 11.6 Å². The number of benzene rings is 1. The zero-order chi connectivity index (χ0) is 14.4. The maximum Gasteiger partial charge on any atom is 0.168 e. The Morgan fingerprint density at radius 3 is 2.47 bits per heavy atom. The Morgan fingerprint density at radius 1 is 1.37 bits per heavy atom. The van der Waals surface area contributed by atoms with Crippen LogP contribution in [0.3, 0.4) is 0 Å². The lowest BCUT2D eigenvalue weighted by Crippen LogP contribution is -2.33. The summed E-state index contributed by atoms with van der Waals surface area (Å²) in [6, 6.07) is 5.04. The molecule has 104 valence electrons. The van der Waals surface area contributed by atoms with Crippen LogP contribution in [0.1, 0.15) is 44.5 Å². The van der Waals surface area contributed by atoms with Gasteiger partial charge in [-0.2, -0.15) is 0 Å². The number of carbonyl (C=O) groups excluding carboxylic acids is 1. The van der Waals surface area contributed by atoms with Crippen LogP contribution in [-0.2, 0) is 4.74 Å². The molecule has 1 fully saturated rings. The molecule has 0 aliphatic carbocycles. The van der Waals surface area contributed by atoms with E-state index in [1.807, 2.05) is 27.7 Å². The monoisotopic (exact) mass is 281 g/mol. The third kappa shape index (κ3) is 2.77. The number of Topliss-reactive ketones (excluding diaryl/α,β-unsaturated/α-hetero) is 1. The third-order valence-corrected chi connectivity index (χ3v) is 4.00. The molecule has 1 aromatic rings. The lowest BCUT2D eigenvalue weighted by Gasteiger charge is -2.26. The molecular weight excluding hydrogens is 262 g/mol. The zero-order valence-corrected chi connectivity index (χ0v) is 12.5. The van der Waals surface area contributed by atoms with E-state index in [0.29, 0.717) is 22.7 Å². The number of carbonyl (C=O) groups is 1. The molecule has 0 spiro atoms. The van der Waals surface area contributed by atoms with Gasteiger partial charge in [-0.25, -0.2) is 0 Å². The van der Waals surface area contributed by atoms with Crippen molar-refractivity contribution in [3.8, 4) is 0 Å². The summed E-state index contributed by atoms with van der Waals surface area (Å²) in [7, 11) is 0. The quantitative estimate of drug-likeness (QED) is 0.664. The number of ether oxygens (including phenoxy) is 1. The minimum atomic E-state index is -0.464. The van der Waals surface area contributed by atoms with Gasteiger partial charge in [0, 0.05) is 5.56 Å². The average molecular weight is 282 g/mol. The highest BCUT2D eigenvalue weighted by atomic mass is 35.5. The SMILES string of the molecule is CC1(C)CC(C(=O)c2ccc(N)c(Cl)c2)C(C)(C)O1. The van der Waals surface area contributed by atoms with Crippen molar-refractivity contribution >= 4 is 23.1 Å². The first-order chi connectivity index (χ1) is 8.62. The standard InChI is InChI=1S/C15H20ClNO2/c1-14(2)8-10(15(3,4)19-14)13(18)9-5-6-12(17)11(16)7-9/h5-7,10H,8,17H2,1-4H3. The maximum atomic E-state index is 12.6. The molecule has 0 bridgehead atoms. The second-order valence-electron chi connectivity index (χ2n) is 6.32. The van der Waals surface area contributed by atoms with Crippen LogP contribution in [0.15, 0.2) is 18.2 Å². The maximum absolute atomic E-state index is 12.6. The molecule has 2 rings (SSSR count). The molecular formula is C15H20ClNO2. The zero-order valence-electron chi connectivity index (χ0n) is 11.8. The first-order valence-corrected chi connectivity index (χ1v) is 6.80. The van der Waals surface area contributed by atoms with Crippen LogP contribution in [0.4, 0.5) is 5.69 Å².